The molecule has 2 aliphatic heterocycles. The van der Waals surface area contributed by atoms with E-state index in [0.717, 1.165) is 19.3 Å². The Kier molecular flexibility index (Phi) is 6.00. The molecule has 0 aromatic carbocycles. The Morgan fingerprint density at radius 2 is 1.94 bits per heavy atom. The van der Waals surface area contributed by atoms with E-state index in [1.807, 2.05) is 0 Å². The molecule has 4 saturated carbocycles. The second kappa shape index (κ2) is 8.12. The first-order valence-corrected chi connectivity index (χ1v) is 14.5. The summed E-state index contributed by atoms with van der Waals surface area (Å²) in [7, 11) is -4.22. The highest BCUT2D eigenvalue weighted by Gasteiger charge is 2.67. The van der Waals surface area contributed by atoms with Crippen LogP contribution in [0.4, 0.5) is 0 Å². The summed E-state index contributed by atoms with van der Waals surface area (Å²) in [5, 5.41) is 9.88. The Bertz CT molecular complexity index is 992. The number of nitrogens with one attached hydrogen (secondary N) is 1. The number of carboxylic acid groups (broad SMARTS) is 1. The van der Waals surface area contributed by atoms with E-state index in [1.54, 1.807) is 6.92 Å². The van der Waals surface area contributed by atoms with Crippen LogP contribution in [0.15, 0.2) is 0 Å². The summed E-state index contributed by atoms with van der Waals surface area (Å²) in [4.78, 5) is 12.1. The third-order valence-corrected chi connectivity index (χ3v) is 11.9. The average molecular weight is 512 g/mol. The molecule has 12 heteroatoms. The van der Waals surface area contributed by atoms with Crippen molar-refractivity contribution in [3.8, 4) is 0 Å². The minimum atomic E-state index is -3.91. The summed E-state index contributed by atoms with van der Waals surface area (Å²) in [5.41, 5.74) is 10.3. The van der Waals surface area contributed by atoms with Crippen molar-refractivity contribution in [2.45, 2.75) is 101 Å². The fourth-order valence-corrected chi connectivity index (χ4v) is 8.86. The number of carboxylic acids is 1. The van der Waals surface area contributed by atoms with Gasteiger partial charge in [-0.25, -0.2) is 0 Å². The van der Waals surface area contributed by atoms with E-state index in [9.17, 15) is 18.3 Å². The van der Waals surface area contributed by atoms with Crippen molar-refractivity contribution in [2.75, 3.05) is 13.1 Å². The van der Waals surface area contributed by atoms with Crippen LogP contribution in [0.25, 0.3) is 0 Å². The van der Waals surface area contributed by atoms with Crippen molar-refractivity contribution < 1.29 is 27.6 Å². The van der Waals surface area contributed by atoms with Crippen LogP contribution >= 0.6 is 0 Å². The maximum absolute atomic E-state index is 13.0. The third kappa shape index (κ3) is 4.07. The van der Waals surface area contributed by atoms with Gasteiger partial charge in [-0.3, -0.25) is 4.79 Å². The van der Waals surface area contributed by atoms with Crippen molar-refractivity contribution in [3.05, 3.63) is 0 Å². The molecule has 0 amide bonds. The van der Waals surface area contributed by atoms with Gasteiger partial charge in [0.1, 0.15) is 5.54 Å². The van der Waals surface area contributed by atoms with E-state index in [4.69, 9.17) is 20.8 Å². The standard InChI is InChI=1S/C23H41BN4O6S/c1-14(22(25)7-8-22)27-35(31,32)28-12-15(23(26,13-28)19(29)30)6-5-9-24-33-18-11-16-10-17(20(16,2)3)21(18,4)34-24/h14-18,27H,5-13,25-26H2,1-4H3,(H,29,30)/t14?,15-,16+,17+,18-,21+,23-/m0/s1. The van der Waals surface area contributed by atoms with E-state index in [-0.39, 0.29) is 37.3 Å². The molecule has 10 nitrogen and oxygen atoms in total. The van der Waals surface area contributed by atoms with E-state index < -0.39 is 39.2 Å². The first kappa shape index (κ1) is 25.9. The Morgan fingerprint density at radius 3 is 2.54 bits per heavy atom. The molecule has 6 rings (SSSR count). The average Bonchev–Trinajstić information content (AvgIpc) is 3.27. The lowest BCUT2D eigenvalue weighted by Gasteiger charge is -2.64. The Balaban J connectivity index is 1.18. The highest BCUT2D eigenvalue weighted by molar-refractivity contribution is 7.87. The topological polar surface area (TPSA) is 157 Å². The normalized spacial score (nSPS) is 42.4. The number of nitrogens with zero attached hydrogens (tertiary/aromatic N) is 1. The van der Waals surface area contributed by atoms with Gasteiger partial charge in [0.25, 0.3) is 10.2 Å². The van der Waals surface area contributed by atoms with Crippen molar-refractivity contribution in [1.29, 1.82) is 0 Å². The van der Waals surface area contributed by atoms with Crippen LogP contribution in [0.5, 0.6) is 0 Å². The first-order valence-electron chi connectivity index (χ1n) is 13.0. The number of rotatable bonds is 9. The van der Waals surface area contributed by atoms with Crippen molar-refractivity contribution in [1.82, 2.24) is 9.03 Å². The molecule has 35 heavy (non-hydrogen) atoms. The fourth-order valence-electron chi connectivity index (χ4n) is 7.27. The molecule has 4 aliphatic carbocycles. The van der Waals surface area contributed by atoms with E-state index >= 15 is 0 Å². The molecule has 6 aliphatic rings. The van der Waals surface area contributed by atoms with Gasteiger partial charge in [0, 0.05) is 30.6 Å². The Labute approximate surface area is 209 Å². The zero-order valence-electron chi connectivity index (χ0n) is 21.3. The van der Waals surface area contributed by atoms with Gasteiger partial charge in [0.2, 0.25) is 0 Å². The minimum absolute atomic E-state index is 0.0626. The molecular weight excluding hydrogens is 471 g/mol. The van der Waals surface area contributed by atoms with Crippen molar-refractivity contribution >= 4 is 23.3 Å². The van der Waals surface area contributed by atoms with Gasteiger partial charge in [-0.15, -0.1) is 0 Å². The summed E-state index contributed by atoms with van der Waals surface area (Å²) in [6, 6.07) is -0.429. The third-order valence-electron chi connectivity index (χ3n) is 10.3. The first-order chi connectivity index (χ1) is 16.1. The maximum Gasteiger partial charge on any atom is 0.457 e. The van der Waals surface area contributed by atoms with E-state index in [1.165, 1.54) is 10.7 Å². The summed E-state index contributed by atoms with van der Waals surface area (Å²) >= 11 is 0. The molecular formula is C23H41BN4O6S. The molecule has 0 aromatic heterocycles. The van der Waals surface area contributed by atoms with E-state index in [0.29, 0.717) is 31.0 Å². The number of hydrogen-bond donors (Lipinski definition) is 4. The van der Waals surface area contributed by atoms with Crippen LogP contribution in [0.1, 0.15) is 66.2 Å². The molecule has 2 bridgehead atoms. The minimum Gasteiger partial charge on any atom is -0.480 e. The molecule has 0 aromatic rings. The van der Waals surface area contributed by atoms with Gasteiger partial charge in [-0.2, -0.15) is 17.4 Å². The van der Waals surface area contributed by atoms with Crippen LogP contribution in [0, 0.1) is 23.2 Å². The molecule has 2 saturated heterocycles. The smallest absolute Gasteiger partial charge is 0.457 e. The largest absolute Gasteiger partial charge is 0.480 e. The predicted molar refractivity (Wildman–Crippen MR) is 131 cm³/mol. The van der Waals surface area contributed by atoms with Crippen molar-refractivity contribution in [3.63, 3.8) is 0 Å². The summed E-state index contributed by atoms with van der Waals surface area (Å²) in [6.07, 6.45) is 5.60. The zero-order valence-corrected chi connectivity index (χ0v) is 22.1. The zero-order chi connectivity index (χ0) is 25.6. The Hall–Kier alpha value is -0.755. The SMILES string of the molecule is CC(NS(=O)(=O)N1C[C@H](CCCB2O[C@H]3C[C@H]4C[C@H](C4(C)C)[C@@]3(C)O2)[C@](N)(C(=O)O)C1)C1(N)CC1. The quantitative estimate of drug-likeness (QED) is 0.332. The van der Waals surface area contributed by atoms with Gasteiger partial charge < -0.3 is 25.9 Å². The van der Waals surface area contributed by atoms with Crippen LogP contribution in [0.2, 0.25) is 6.32 Å². The number of nitrogens with two attached hydrogens (primary N) is 2. The highest BCUT2D eigenvalue weighted by atomic mass is 32.2. The van der Waals surface area contributed by atoms with Crippen LogP contribution in [-0.4, -0.2) is 72.8 Å². The highest BCUT2D eigenvalue weighted by Crippen LogP contribution is 2.65. The second-order valence-corrected chi connectivity index (χ2v) is 14.4. The van der Waals surface area contributed by atoms with Crippen LogP contribution < -0.4 is 16.2 Å². The molecule has 6 N–H and O–H groups in total. The van der Waals surface area contributed by atoms with Gasteiger partial charge in [-0.05, 0) is 69.5 Å². The summed E-state index contributed by atoms with van der Waals surface area (Å²) in [6.45, 7) is 8.37. The molecule has 7 atom stereocenters. The molecule has 6 fully saturated rings. The lowest BCUT2D eigenvalue weighted by Crippen LogP contribution is -2.65. The number of hydrogen-bond acceptors (Lipinski definition) is 7. The van der Waals surface area contributed by atoms with Gasteiger partial charge >= 0.3 is 13.1 Å². The molecule has 0 radical (unpaired) electrons. The second-order valence-electron chi connectivity index (χ2n) is 12.7. The van der Waals surface area contributed by atoms with Crippen LogP contribution in [-0.2, 0) is 24.3 Å². The fraction of sp³-hybridized carbons (Fsp3) is 0.957. The van der Waals surface area contributed by atoms with Crippen molar-refractivity contribution in [2.24, 2.45) is 34.6 Å². The lowest BCUT2D eigenvalue weighted by atomic mass is 9.43. The summed E-state index contributed by atoms with van der Waals surface area (Å²) < 4.78 is 42.5. The molecule has 0 spiro atoms. The predicted octanol–water partition coefficient (Wildman–Crippen LogP) is 0.923. The van der Waals surface area contributed by atoms with Gasteiger partial charge in [0.05, 0.1) is 11.7 Å². The number of aliphatic carboxylic acids is 1. The Morgan fingerprint density at radius 1 is 1.26 bits per heavy atom. The molecule has 198 valence electrons. The van der Waals surface area contributed by atoms with Crippen LogP contribution in [0.3, 0.4) is 0 Å². The monoisotopic (exact) mass is 512 g/mol. The lowest BCUT2D eigenvalue weighted by molar-refractivity contribution is -0.199. The molecule has 1 unspecified atom stereocenters. The maximum atomic E-state index is 13.0. The van der Waals surface area contributed by atoms with E-state index in [2.05, 4.69) is 25.5 Å². The molecule has 2 heterocycles. The van der Waals surface area contributed by atoms with Gasteiger partial charge in [0.15, 0.2) is 0 Å². The van der Waals surface area contributed by atoms with Gasteiger partial charge in [-0.1, -0.05) is 20.3 Å². The summed E-state index contributed by atoms with van der Waals surface area (Å²) in [5.74, 6) is -0.525. The number of carbonyl (C=O) groups is 1.